The summed E-state index contributed by atoms with van der Waals surface area (Å²) in [4.78, 5) is 2.50. The molecule has 0 aromatic rings. The van der Waals surface area contributed by atoms with Crippen molar-refractivity contribution in [3.8, 4) is 0 Å². The van der Waals surface area contributed by atoms with Crippen LogP contribution in [0.15, 0.2) is 0 Å². The highest BCUT2D eigenvalue weighted by atomic mass is 16.5. The number of nitrogens with zero attached hydrogens (tertiary/aromatic N) is 1. The lowest BCUT2D eigenvalue weighted by Gasteiger charge is -2.19. The van der Waals surface area contributed by atoms with Crippen molar-refractivity contribution >= 4 is 0 Å². The lowest BCUT2D eigenvalue weighted by Crippen LogP contribution is -2.35. The first-order chi connectivity index (χ1) is 6.19. The molecule has 1 N–H and O–H groups in total. The minimum atomic E-state index is 0.599. The fourth-order valence-corrected chi connectivity index (χ4v) is 2.04. The molecule has 2 atom stereocenters. The number of methoxy groups -OCH3 is 1. The second-order valence-corrected chi connectivity index (χ2v) is 4.16. The molecule has 0 aromatic heterocycles. The summed E-state index contributed by atoms with van der Waals surface area (Å²) in [6, 6.07) is 1.25. The number of hydrogen-bond acceptors (Lipinski definition) is 3. The van der Waals surface area contributed by atoms with Crippen LogP contribution >= 0.6 is 0 Å². The van der Waals surface area contributed by atoms with E-state index in [1.165, 1.54) is 0 Å². The number of likely N-dealkylation sites (N-methyl/N-ethyl adjacent to an activating group) is 1. The van der Waals surface area contributed by atoms with Crippen LogP contribution in [0.3, 0.4) is 0 Å². The molecule has 1 unspecified atom stereocenters. The first-order valence-corrected chi connectivity index (χ1v) is 5.09. The number of rotatable bonds is 4. The van der Waals surface area contributed by atoms with Crippen molar-refractivity contribution < 1.29 is 4.74 Å². The van der Waals surface area contributed by atoms with Crippen LogP contribution < -0.4 is 5.32 Å². The van der Waals surface area contributed by atoms with E-state index in [4.69, 9.17) is 4.74 Å². The maximum atomic E-state index is 5.22. The topological polar surface area (TPSA) is 24.5 Å². The highest BCUT2D eigenvalue weighted by molar-refractivity contribution is 4.89. The van der Waals surface area contributed by atoms with E-state index in [2.05, 4.69) is 24.1 Å². The van der Waals surface area contributed by atoms with Gasteiger partial charge in [-0.1, -0.05) is 0 Å². The molecule has 0 bridgehead atoms. The van der Waals surface area contributed by atoms with Gasteiger partial charge in [-0.2, -0.15) is 0 Å². The van der Waals surface area contributed by atoms with Gasteiger partial charge in [0.15, 0.2) is 0 Å². The number of likely N-dealkylation sites (tertiary alicyclic amines) is 1. The van der Waals surface area contributed by atoms with Gasteiger partial charge in [-0.25, -0.2) is 0 Å². The van der Waals surface area contributed by atoms with E-state index in [1.807, 2.05) is 7.05 Å². The van der Waals surface area contributed by atoms with E-state index in [-0.39, 0.29) is 0 Å². The molecule has 1 aliphatic rings. The third-order valence-corrected chi connectivity index (χ3v) is 2.95. The summed E-state index contributed by atoms with van der Waals surface area (Å²) in [5.41, 5.74) is 0. The van der Waals surface area contributed by atoms with Crippen molar-refractivity contribution in [2.45, 2.75) is 25.9 Å². The smallest absolute Gasteiger partial charge is 0.0518 e. The molecule has 0 radical (unpaired) electrons. The number of nitrogens with one attached hydrogen (secondary N) is 1. The third kappa shape index (κ3) is 2.66. The average molecular weight is 186 g/mol. The normalized spacial score (nSPS) is 30.2. The van der Waals surface area contributed by atoms with E-state index in [0.717, 1.165) is 19.7 Å². The van der Waals surface area contributed by atoms with Crippen LogP contribution in [0.5, 0.6) is 0 Å². The van der Waals surface area contributed by atoms with Gasteiger partial charge in [0.25, 0.3) is 0 Å². The summed E-state index contributed by atoms with van der Waals surface area (Å²) in [7, 11) is 3.82. The largest absolute Gasteiger partial charge is 0.384 e. The maximum absolute atomic E-state index is 5.22. The lowest BCUT2D eigenvalue weighted by atomic mass is 10.1. The fraction of sp³-hybridized carbons (Fsp3) is 1.00. The zero-order valence-corrected chi connectivity index (χ0v) is 9.21. The Balaban J connectivity index is 2.45. The molecule has 0 amide bonds. The van der Waals surface area contributed by atoms with E-state index in [9.17, 15) is 0 Å². The molecule has 3 heteroatoms. The minimum Gasteiger partial charge on any atom is -0.384 e. The molecule has 3 nitrogen and oxygen atoms in total. The van der Waals surface area contributed by atoms with Gasteiger partial charge in [0, 0.05) is 38.2 Å². The molecule has 78 valence electrons. The van der Waals surface area contributed by atoms with Crippen LogP contribution in [-0.2, 0) is 4.74 Å². The van der Waals surface area contributed by atoms with Crippen molar-refractivity contribution in [1.82, 2.24) is 10.2 Å². The average Bonchev–Trinajstić information content (AvgIpc) is 2.48. The Hall–Kier alpha value is -0.120. The summed E-state index contributed by atoms with van der Waals surface area (Å²) >= 11 is 0. The second kappa shape index (κ2) is 4.94. The molecular formula is C10H22N2O. The molecule has 13 heavy (non-hydrogen) atoms. The predicted octanol–water partition coefficient (Wildman–Crippen LogP) is 0.561. The summed E-state index contributed by atoms with van der Waals surface area (Å²) in [5, 5.41) is 3.36. The Morgan fingerprint density at radius 1 is 1.46 bits per heavy atom. The Bertz CT molecular complexity index is 150. The first-order valence-electron chi connectivity index (χ1n) is 5.09. The molecule has 1 saturated heterocycles. The van der Waals surface area contributed by atoms with E-state index in [0.29, 0.717) is 18.0 Å². The number of ether oxygens (including phenoxy) is 1. The summed E-state index contributed by atoms with van der Waals surface area (Å²) in [6.45, 7) is 7.69. The van der Waals surface area contributed by atoms with Crippen molar-refractivity contribution in [2.75, 3.05) is 33.9 Å². The number of hydrogen-bond donors (Lipinski definition) is 1. The van der Waals surface area contributed by atoms with Crippen molar-refractivity contribution in [3.63, 3.8) is 0 Å². The van der Waals surface area contributed by atoms with Gasteiger partial charge >= 0.3 is 0 Å². The van der Waals surface area contributed by atoms with E-state index >= 15 is 0 Å². The Labute approximate surface area is 81.4 Å². The second-order valence-electron chi connectivity index (χ2n) is 4.16. The minimum absolute atomic E-state index is 0.599. The van der Waals surface area contributed by atoms with Crippen molar-refractivity contribution in [2.24, 2.45) is 5.92 Å². The Kier molecular flexibility index (Phi) is 4.16. The Morgan fingerprint density at radius 3 is 2.62 bits per heavy atom. The molecule has 0 aliphatic carbocycles. The first kappa shape index (κ1) is 11.0. The zero-order valence-electron chi connectivity index (χ0n) is 9.21. The van der Waals surface area contributed by atoms with Gasteiger partial charge < -0.3 is 10.1 Å². The van der Waals surface area contributed by atoms with Crippen LogP contribution in [0.25, 0.3) is 0 Å². The summed E-state index contributed by atoms with van der Waals surface area (Å²) in [6.07, 6.45) is 0. The van der Waals surface area contributed by atoms with E-state index < -0.39 is 0 Å². The van der Waals surface area contributed by atoms with Gasteiger partial charge in [-0.05, 0) is 20.9 Å². The van der Waals surface area contributed by atoms with Gasteiger partial charge in [0.05, 0.1) is 6.61 Å². The zero-order chi connectivity index (χ0) is 9.84. The molecule has 1 aliphatic heterocycles. The van der Waals surface area contributed by atoms with Crippen molar-refractivity contribution in [1.29, 1.82) is 0 Å². The van der Waals surface area contributed by atoms with Crippen LogP contribution in [-0.4, -0.2) is 50.8 Å². The summed E-state index contributed by atoms with van der Waals surface area (Å²) < 4.78 is 5.22. The quantitative estimate of drug-likeness (QED) is 0.694. The maximum Gasteiger partial charge on any atom is 0.0518 e. The highest BCUT2D eigenvalue weighted by Gasteiger charge is 2.32. The predicted molar refractivity (Wildman–Crippen MR) is 54.9 cm³/mol. The fourth-order valence-electron chi connectivity index (χ4n) is 2.04. The standard InChI is InChI=1S/C10H22N2O/c1-8(2)12-5-9(7-13-4)10(6-12)11-3/h8-11H,5-7H2,1-4H3/t9-,10?/m0/s1. The van der Waals surface area contributed by atoms with Crippen LogP contribution in [0.4, 0.5) is 0 Å². The van der Waals surface area contributed by atoms with Crippen LogP contribution in [0.1, 0.15) is 13.8 Å². The van der Waals surface area contributed by atoms with Gasteiger partial charge in [-0.15, -0.1) is 0 Å². The molecular weight excluding hydrogens is 164 g/mol. The molecule has 1 heterocycles. The molecule has 0 spiro atoms. The Morgan fingerprint density at radius 2 is 2.15 bits per heavy atom. The molecule has 0 aromatic carbocycles. The highest BCUT2D eigenvalue weighted by Crippen LogP contribution is 2.19. The van der Waals surface area contributed by atoms with Gasteiger partial charge in [-0.3, -0.25) is 4.90 Å². The summed E-state index contributed by atoms with van der Waals surface area (Å²) in [5.74, 6) is 0.650. The SMILES string of the molecule is CNC1CN(C(C)C)C[C@H]1COC. The molecule has 1 fully saturated rings. The van der Waals surface area contributed by atoms with Crippen LogP contribution in [0.2, 0.25) is 0 Å². The van der Waals surface area contributed by atoms with Crippen molar-refractivity contribution in [3.05, 3.63) is 0 Å². The van der Waals surface area contributed by atoms with Gasteiger partial charge in [0.2, 0.25) is 0 Å². The lowest BCUT2D eigenvalue weighted by molar-refractivity contribution is 0.142. The van der Waals surface area contributed by atoms with Crippen LogP contribution in [0, 0.1) is 5.92 Å². The van der Waals surface area contributed by atoms with Gasteiger partial charge in [0.1, 0.15) is 0 Å². The third-order valence-electron chi connectivity index (χ3n) is 2.95. The monoisotopic (exact) mass is 186 g/mol. The van der Waals surface area contributed by atoms with E-state index in [1.54, 1.807) is 7.11 Å². The molecule has 1 rings (SSSR count). The molecule has 0 saturated carbocycles.